The molecule has 1 atom stereocenters. The highest BCUT2D eigenvalue weighted by atomic mass is 35.5. The van der Waals surface area contributed by atoms with Crippen LogP contribution in [-0.2, 0) is 19.9 Å². The molecule has 20 heavy (non-hydrogen) atoms. The molecule has 0 aliphatic rings. The van der Waals surface area contributed by atoms with Crippen LogP contribution in [0.25, 0.3) is 0 Å². The molecule has 2 rings (SSSR count). The number of nitrogens with zero attached hydrogens (tertiary/aromatic N) is 2. The summed E-state index contributed by atoms with van der Waals surface area (Å²) in [5.41, 5.74) is 10.3. The van der Waals surface area contributed by atoms with Crippen LogP contribution < -0.4 is 5.73 Å². The fourth-order valence-corrected chi connectivity index (χ4v) is 2.94. The third kappa shape index (κ3) is 2.85. The predicted octanol–water partition coefficient (Wildman–Crippen LogP) is 3.84. The molecule has 1 aromatic carbocycles. The standard InChI is InChI=1S/C15H19Cl2N3/c1-4-13-15(17)14(20(3)19-13)8-12(18)10-6-5-7-11(16)9(10)2/h5-7,12H,4,8,18H2,1-3H3. The third-order valence-corrected chi connectivity index (χ3v) is 4.47. The number of aromatic nitrogens is 2. The Hall–Kier alpha value is -1.03. The van der Waals surface area contributed by atoms with Crippen LogP contribution in [0.15, 0.2) is 18.2 Å². The van der Waals surface area contributed by atoms with Gasteiger partial charge in [-0.2, -0.15) is 5.10 Å². The molecule has 0 aliphatic carbocycles. The van der Waals surface area contributed by atoms with Gasteiger partial charge in [-0.05, 0) is 30.5 Å². The van der Waals surface area contributed by atoms with Gasteiger partial charge in [0.05, 0.1) is 16.4 Å². The molecule has 5 heteroatoms. The third-order valence-electron chi connectivity index (χ3n) is 3.63. The Kier molecular flexibility index (Phi) is 4.74. The van der Waals surface area contributed by atoms with Crippen molar-refractivity contribution in [1.82, 2.24) is 9.78 Å². The maximum absolute atomic E-state index is 6.37. The van der Waals surface area contributed by atoms with Gasteiger partial charge in [-0.3, -0.25) is 4.68 Å². The minimum absolute atomic E-state index is 0.147. The van der Waals surface area contributed by atoms with Gasteiger partial charge in [0, 0.05) is 24.5 Å². The largest absolute Gasteiger partial charge is 0.324 e. The molecule has 0 radical (unpaired) electrons. The van der Waals surface area contributed by atoms with E-state index in [4.69, 9.17) is 28.9 Å². The van der Waals surface area contributed by atoms with Crippen molar-refractivity contribution in [3.8, 4) is 0 Å². The van der Waals surface area contributed by atoms with Gasteiger partial charge in [0.2, 0.25) is 0 Å². The number of benzene rings is 1. The molecular weight excluding hydrogens is 293 g/mol. The molecule has 108 valence electrons. The molecule has 0 bridgehead atoms. The Morgan fingerprint density at radius 3 is 2.65 bits per heavy atom. The first kappa shape index (κ1) is 15.4. The first-order chi connectivity index (χ1) is 9.45. The van der Waals surface area contributed by atoms with E-state index in [9.17, 15) is 0 Å². The van der Waals surface area contributed by atoms with E-state index in [2.05, 4.69) is 5.10 Å². The zero-order valence-electron chi connectivity index (χ0n) is 12.0. The minimum Gasteiger partial charge on any atom is -0.324 e. The molecule has 0 amide bonds. The SMILES string of the molecule is CCc1nn(C)c(CC(N)c2cccc(Cl)c2C)c1Cl. The lowest BCUT2D eigenvalue weighted by atomic mass is 9.98. The van der Waals surface area contributed by atoms with Crippen LogP contribution in [0.1, 0.15) is 35.5 Å². The van der Waals surface area contributed by atoms with Crippen LogP contribution in [-0.4, -0.2) is 9.78 Å². The number of hydrogen-bond donors (Lipinski definition) is 1. The molecule has 2 aromatic rings. The van der Waals surface area contributed by atoms with Gasteiger partial charge in [-0.1, -0.05) is 42.3 Å². The van der Waals surface area contributed by atoms with E-state index in [0.717, 1.165) is 39.0 Å². The van der Waals surface area contributed by atoms with Crippen LogP contribution in [0.5, 0.6) is 0 Å². The number of hydrogen-bond acceptors (Lipinski definition) is 2. The number of nitrogens with two attached hydrogens (primary N) is 1. The van der Waals surface area contributed by atoms with Crippen LogP contribution in [0.2, 0.25) is 10.0 Å². The topological polar surface area (TPSA) is 43.8 Å². The summed E-state index contributed by atoms with van der Waals surface area (Å²) < 4.78 is 1.82. The monoisotopic (exact) mass is 311 g/mol. The summed E-state index contributed by atoms with van der Waals surface area (Å²) in [5, 5.41) is 5.88. The number of aryl methyl sites for hydroxylation is 2. The maximum Gasteiger partial charge on any atom is 0.0850 e. The highest BCUT2D eigenvalue weighted by Crippen LogP contribution is 2.28. The lowest BCUT2D eigenvalue weighted by Crippen LogP contribution is -2.17. The van der Waals surface area contributed by atoms with E-state index in [0.29, 0.717) is 6.42 Å². The van der Waals surface area contributed by atoms with E-state index in [1.807, 2.05) is 43.8 Å². The number of halogens is 2. The fraction of sp³-hybridized carbons (Fsp3) is 0.400. The second-order valence-corrected chi connectivity index (χ2v) is 5.73. The average Bonchev–Trinajstić information content (AvgIpc) is 2.69. The van der Waals surface area contributed by atoms with Crippen molar-refractivity contribution in [2.75, 3.05) is 0 Å². The highest BCUT2D eigenvalue weighted by Gasteiger charge is 2.18. The Morgan fingerprint density at radius 1 is 1.35 bits per heavy atom. The molecule has 0 fully saturated rings. The van der Waals surface area contributed by atoms with Gasteiger partial charge in [-0.15, -0.1) is 0 Å². The lowest BCUT2D eigenvalue weighted by Gasteiger charge is -2.16. The Bertz CT molecular complexity index is 620. The van der Waals surface area contributed by atoms with Crippen molar-refractivity contribution in [2.45, 2.75) is 32.7 Å². The van der Waals surface area contributed by atoms with E-state index in [1.54, 1.807) is 0 Å². The smallest absolute Gasteiger partial charge is 0.0850 e. The molecule has 0 saturated carbocycles. The summed E-state index contributed by atoms with van der Waals surface area (Å²) in [6, 6.07) is 5.66. The molecule has 1 aromatic heterocycles. The maximum atomic E-state index is 6.37. The van der Waals surface area contributed by atoms with Crippen molar-refractivity contribution in [3.63, 3.8) is 0 Å². The Morgan fingerprint density at radius 2 is 2.05 bits per heavy atom. The van der Waals surface area contributed by atoms with Gasteiger partial charge < -0.3 is 5.73 Å². The zero-order valence-corrected chi connectivity index (χ0v) is 13.5. The summed E-state index contributed by atoms with van der Waals surface area (Å²) in [6.07, 6.45) is 1.46. The lowest BCUT2D eigenvalue weighted by molar-refractivity contribution is 0.636. The van der Waals surface area contributed by atoms with Crippen molar-refractivity contribution in [2.24, 2.45) is 12.8 Å². The van der Waals surface area contributed by atoms with Crippen molar-refractivity contribution < 1.29 is 0 Å². The molecule has 3 nitrogen and oxygen atoms in total. The van der Waals surface area contributed by atoms with Crippen molar-refractivity contribution >= 4 is 23.2 Å². The molecule has 0 saturated heterocycles. The van der Waals surface area contributed by atoms with Crippen LogP contribution in [0, 0.1) is 6.92 Å². The molecule has 0 spiro atoms. The van der Waals surface area contributed by atoms with Gasteiger partial charge in [0.1, 0.15) is 0 Å². The van der Waals surface area contributed by atoms with Crippen LogP contribution in [0.3, 0.4) is 0 Å². The van der Waals surface area contributed by atoms with Gasteiger partial charge in [0.15, 0.2) is 0 Å². The van der Waals surface area contributed by atoms with E-state index in [-0.39, 0.29) is 6.04 Å². The summed E-state index contributed by atoms with van der Waals surface area (Å²) in [4.78, 5) is 0. The average molecular weight is 312 g/mol. The first-order valence-corrected chi connectivity index (χ1v) is 7.42. The van der Waals surface area contributed by atoms with Crippen molar-refractivity contribution in [3.05, 3.63) is 50.8 Å². The molecule has 2 N–H and O–H groups in total. The fourth-order valence-electron chi connectivity index (χ4n) is 2.39. The highest BCUT2D eigenvalue weighted by molar-refractivity contribution is 6.32. The second-order valence-electron chi connectivity index (χ2n) is 4.95. The van der Waals surface area contributed by atoms with E-state index < -0.39 is 0 Å². The summed E-state index contributed by atoms with van der Waals surface area (Å²) in [6.45, 7) is 4.03. The van der Waals surface area contributed by atoms with E-state index >= 15 is 0 Å². The van der Waals surface area contributed by atoms with Crippen LogP contribution >= 0.6 is 23.2 Å². The second kappa shape index (κ2) is 6.17. The summed E-state index contributed by atoms with van der Waals surface area (Å²) >= 11 is 12.5. The van der Waals surface area contributed by atoms with Gasteiger partial charge in [0.25, 0.3) is 0 Å². The Balaban J connectivity index is 2.30. The minimum atomic E-state index is -0.147. The molecular formula is C15H19Cl2N3. The van der Waals surface area contributed by atoms with Crippen molar-refractivity contribution in [1.29, 1.82) is 0 Å². The molecule has 1 unspecified atom stereocenters. The normalized spacial score (nSPS) is 12.7. The zero-order chi connectivity index (χ0) is 14.9. The van der Waals surface area contributed by atoms with Gasteiger partial charge >= 0.3 is 0 Å². The van der Waals surface area contributed by atoms with E-state index in [1.165, 1.54) is 0 Å². The van der Waals surface area contributed by atoms with Crippen LogP contribution in [0.4, 0.5) is 0 Å². The summed E-state index contributed by atoms with van der Waals surface area (Å²) in [7, 11) is 1.90. The first-order valence-electron chi connectivity index (χ1n) is 6.66. The van der Waals surface area contributed by atoms with Gasteiger partial charge in [-0.25, -0.2) is 0 Å². The summed E-state index contributed by atoms with van der Waals surface area (Å²) in [5.74, 6) is 0. The molecule has 0 aliphatic heterocycles. The molecule has 1 heterocycles. The Labute approximate surface area is 129 Å². The predicted molar refractivity (Wildman–Crippen MR) is 84.4 cm³/mol. The number of rotatable bonds is 4. The quantitative estimate of drug-likeness (QED) is 0.932.